The summed E-state index contributed by atoms with van der Waals surface area (Å²) >= 11 is 7.32. The number of carbonyl (C=O) groups is 4. The first-order valence-corrected chi connectivity index (χ1v) is 31.3. The second-order valence-corrected chi connectivity index (χ2v) is 24.8. The van der Waals surface area contributed by atoms with Gasteiger partial charge in [0.05, 0.1) is 28.4 Å². The molecule has 1 amide bonds. The molecule has 6 atom stereocenters. The molecule has 14 nitrogen and oxygen atoms in total. The average Bonchev–Trinajstić information content (AvgIpc) is 4.21. The monoisotopic (exact) mass is 1320 g/mol. The number of esters is 3. The van der Waals surface area contributed by atoms with Crippen molar-refractivity contribution < 1.29 is 38.5 Å². The minimum absolute atomic E-state index is 0.216. The zero-order valence-electron chi connectivity index (χ0n) is 44.8. The standard InChI is InChI=1S/C13H23NO4.C10H16N2O3.C8H16N2O.C6H13N.C5H10I2.C5H11I.C5H12/c1-4-10-8-7-9-14(10)11(12(15)17-5-2)13(16)18-6-3;1-2-15-10(14)8-9(13)11-6-7-4-3-5-12(7)8;11-6-8-5-9-4-7-2-1-3-10(7)8;1-2-6-4-3-5-7-6;1-2-3-4-5(6)7;1-2-3-4-5-6;1-3-5-4-2/h10-11H,4-9H2,1-3H3;7-8H,2-6H2,1H3,(H,11,13);7-9,11H,1-6H2;6-7H,2-5H2,1H3;5H,2-4H2,1H3;2-5H2,1H3;3-5H2,1-2H3. The summed E-state index contributed by atoms with van der Waals surface area (Å²) in [6, 6.07) is 0.918. The predicted molar refractivity (Wildman–Crippen MR) is 310 cm³/mol. The summed E-state index contributed by atoms with van der Waals surface area (Å²) in [7, 11) is 0. The summed E-state index contributed by atoms with van der Waals surface area (Å²) in [6.45, 7) is 26.4. The Morgan fingerprint density at radius 1 is 0.667 bits per heavy atom. The van der Waals surface area contributed by atoms with E-state index >= 15 is 0 Å². The lowest BCUT2D eigenvalue weighted by atomic mass is 10.1. The van der Waals surface area contributed by atoms with E-state index in [1.165, 1.54) is 107 Å². The van der Waals surface area contributed by atoms with Crippen molar-refractivity contribution in [2.24, 2.45) is 0 Å². The van der Waals surface area contributed by atoms with Crippen LogP contribution < -0.4 is 16.0 Å². The van der Waals surface area contributed by atoms with Crippen molar-refractivity contribution in [3.63, 3.8) is 0 Å². The van der Waals surface area contributed by atoms with Crippen LogP contribution in [0.15, 0.2) is 0 Å². The minimum atomic E-state index is -0.891. The molecule has 0 bridgehead atoms. The molecule has 6 saturated heterocycles. The fraction of sp³-hybridized carbons (Fsp3) is 0.923. The van der Waals surface area contributed by atoms with E-state index in [2.05, 4.69) is 130 Å². The third-order valence-corrected chi connectivity index (χ3v) is 15.0. The molecule has 6 fully saturated rings. The Kier molecular flexibility index (Phi) is 45.1. The van der Waals surface area contributed by atoms with Gasteiger partial charge in [0.1, 0.15) is 0 Å². The SMILES string of the molecule is CCC1CCCN1.CCCCC.CCCCC(I)I.CCCCCI.CCOC(=O)C(C(=O)OCC)N1CCCC1CC.CCOC(=O)C1C(=O)NCC2CCCN21.OCC1CNCC2CCCN12. The summed E-state index contributed by atoms with van der Waals surface area (Å²) in [5.74, 6) is -1.61. The lowest BCUT2D eigenvalue weighted by Gasteiger charge is -2.37. The van der Waals surface area contributed by atoms with Crippen LogP contribution in [0.2, 0.25) is 0 Å². The number of alkyl halides is 3. The third kappa shape index (κ3) is 29.5. The normalized spacial score (nSPS) is 23.8. The minimum Gasteiger partial charge on any atom is -0.464 e. The van der Waals surface area contributed by atoms with Crippen LogP contribution in [0.4, 0.5) is 0 Å². The van der Waals surface area contributed by atoms with Crippen molar-refractivity contribution in [1.29, 1.82) is 0 Å². The van der Waals surface area contributed by atoms with E-state index in [0.717, 1.165) is 66.3 Å². The van der Waals surface area contributed by atoms with Crippen LogP contribution >= 0.6 is 67.8 Å². The van der Waals surface area contributed by atoms with Gasteiger partial charge in [0.25, 0.3) is 0 Å². The van der Waals surface area contributed by atoms with Gasteiger partial charge >= 0.3 is 17.9 Å². The number of fused-ring (bicyclic) bond motifs is 2. The van der Waals surface area contributed by atoms with E-state index in [1.54, 1.807) is 20.8 Å². The second-order valence-electron chi connectivity index (χ2n) is 18.3. The number of unbranched alkanes of at least 4 members (excludes halogenated alkanes) is 5. The van der Waals surface area contributed by atoms with Crippen molar-refractivity contribution >= 4 is 91.6 Å². The van der Waals surface area contributed by atoms with Crippen molar-refractivity contribution in [3.8, 4) is 0 Å². The van der Waals surface area contributed by atoms with Crippen LogP contribution in [0.25, 0.3) is 0 Å². The maximum atomic E-state index is 11.9. The number of aliphatic hydroxyl groups is 1. The average molecular weight is 1320 g/mol. The molecule has 17 heteroatoms. The maximum Gasteiger partial charge on any atom is 0.335 e. The van der Waals surface area contributed by atoms with Gasteiger partial charge in [-0.25, -0.2) is 14.4 Å². The Hall–Kier alpha value is -0.170. The van der Waals surface area contributed by atoms with Crippen LogP contribution in [0, 0.1) is 0 Å². The van der Waals surface area contributed by atoms with E-state index in [1.807, 2.05) is 9.80 Å². The fourth-order valence-electron chi connectivity index (χ4n) is 9.22. The summed E-state index contributed by atoms with van der Waals surface area (Å²) < 4.78 is 17.1. The number of aliphatic hydroxyl groups excluding tert-OH is 1. The molecule has 0 radical (unpaired) electrons. The van der Waals surface area contributed by atoms with E-state index in [9.17, 15) is 19.2 Å². The van der Waals surface area contributed by atoms with Gasteiger partial charge in [-0.15, -0.1) is 0 Å². The van der Waals surface area contributed by atoms with Crippen molar-refractivity contribution in [1.82, 2.24) is 30.7 Å². The maximum absolute atomic E-state index is 11.9. The van der Waals surface area contributed by atoms with Crippen LogP contribution in [0.5, 0.6) is 0 Å². The van der Waals surface area contributed by atoms with Gasteiger partial charge in [-0.2, -0.15) is 0 Å². The quantitative estimate of drug-likeness (QED) is 0.0257. The molecule has 0 spiro atoms. The molecular weight excluding hydrogens is 1220 g/mol. The number of hydrogen-bond donors (Lipinski definition) is 4. The highest BCUT2D eigenvalue weighted by Gasteiger charge is 2.44. The molecule has 0 aromatic heterocycles. The highest BCUT2D eigenvalue weighted by molar-refractivity contribution is 14.2. The molecule has 0 aromatic carbocycles. The number of rotatable bonds is 18. The van der Waals surface area contributed by atoms with Gasteiger partial charge < -0.3 is 35.3 Å². The Morgan fingerprint density at radius 3 is 1.68 bits per heavy atom. The molecule has 0 saturated carbocycles. The van der Waals surface area contributed by atoms with Gasteiger partial charge in [-0.1, -0.05) is 154 Å². The summed E-state index contributed by atoms with van der Waals surface area (Å²) in [5.41, 5.74) is 0. The first-order chi connectivity index (χ1) is 33.3. The van der Waals surface area contributed by atoms with Gasteiger partial charge in [-0.05, 0) is 128 Å². The number of carbonyl (C=O) groups excluding carboxylic acids is 4. The lowest BCUT2D eigenvalue weighted by Crippen LogP contribution is -2.61. The van der Waals surface area contributed by atoms with Gasteiger partial charge in [0.15, 0.2) is 6.04 Å². The predicted octanol–water partition coefficient (Wildman–Crippen LogP) is 9.61. The molecule has 6 rings (SSSR count). The number of nitrogens with zero attached hydrogens (tertiary/aromatic N) is 3. The molecule has 408 valence electrons. The highest BCUT2D eigenvalue weighted by Crippen LogP contribution is 2.25. The number of amides is 1. The van der Waals surface area contributed by atoms with Crippen LogP contribution in [-0.4, -0.2) is 165 Å². The van der Waals surface area contributed by atoms with E-state index in [0.29, 0.717) is 37.9 Å². The molecule has 69 heavy (non-hydrogen) atoms. The lowest BCUT2D eigenvalue weighted by molar-refractivity contribution is -0.164. The fourth-order valence-corrected chi connectivity index (χ4v) is 10.6. The molecule has 6 unspecified atom stereocenters. The van der Waals surface area contributed by atoms with Gasteiger partial charge in [-0.3, -0.25) is 19.5 Å². The topological polar surface area (TPSA) is 162 Å². The molecule has 4 N–H and O–H groups in total. The zero-order chi connectivity index (χ0) is 51.8. The van der Waals surface area contributed by atoms with E-state index in [4.69, 9.17) is 19.3 Å². The highest BCUT2D eigenvalue weighted by atomic mass is 127. The third-order valence-electron chi connectivity index (χ3n) is 13.0. The number of hydrogen-bond acceptors (Lipinski definition) is 13. The smallest absolute Gasteiger partial charge is 0.335 e. The molecular formula is C52H101I3N6O8. The summed E-state index contributed by atoms with van der Waals surface area (Å²) in [4.78, 5) is 53.5. The van der Waals surface area contributed by atoms with Crippen molar-refractivity contribution in [3.05, 3.63) is 0 Å². The van der Waals surface area contributed by atoms with Crippen LogP contribution in [-0.2, 0) is 33.4 Å². The Bertz CT molecular complexity index is 1270. The summed E-state index contributed by atoms with van der Waals surface area (Å²) in [5, 5.41) is 18.6. The number of likely N-dealkylation sites (tertiary alicyclic amines) is 1. The number of nitrogens with one attached hydrogen (secondary N) is 3. The molecule has 6 aliphatic heterocycles. The first kappa shape index (κ1) is 68.8. The Labute approximate surface area is 462 Å². The largest absolute Gasteiger partial charge is 0.464 e. The Morgan fingerprint density at radius 2 is 1.25 bits per heavy atom. The molecule has 6 heterocycles. The van der Waals surface area contributed by atoms with Gasteiger partial charge in [0.2, 0.25) is 11.9 Å². The second kappa shape index (κ2) is 45.2. The Balaban J connectivity index is 0.000000821. The van der Waals surface area contributed by atoms with E-state index < -0.39 is 30.0 Å². The number of halogens is 3. The van der Waals surface area contributed by atoms with Crippen molar-refractivity contribution in [2.45, 2.75) is 229 Å². The van der Waals surface area contributed by atoms with E-state index in [-0.39, 0.29) is 25.2 Å². The zero-order valence-corrected chi connectivity index (χ0v) is 51.3. The number of ether oxygens (including phenoxy) is 3. The van der Waals surface area contributed by atoms with Gasteiger partial charge in [0, 0.05) is 49.8 Å². The van der Waals surface area contributed by atoms with Crippen LogP contribution in [0.3, 0.4) is 0 Å². The van der Waals surface area contributed by atoms with Crippen LogP contribution in [0.1, 0.15) is 184 Å². The first-order valence-electron chi connectivity index (χ1n) is 27.3. The molecule has 6 aliphatic rings. The number of piperazine rings is 2. The summed E-state index contributed by atoms with van der Waals surface area (Å²) in [6.07, 6.45) is 24.1. The van der Waals surface area contributed by atoms with Crippen molar-refractivity contribution in [2.75, 3.05) is 76.7 Å². The molecule has 0 aliphatic carbocycles. The molecule has 0 aromatic rings.